The first kappa shape index (κ1) is 15.5. The number of amides is 1. The van der Waals surface area contributed by atoms with E-state index in [1.165, 1.54) is 19.3 Å². The van der Waals surface area contributed by atoms with Gasteiger partial charge in [0, 0.05) is 10.9 Å². The van der Waals surface area contributed by atoms with Crippen molar-refractivity contribution in [1.29, 1.82) is 0 Å². The van der Waals surface area contributed by atoms with E-state index in [9.17, 15) is 4.79 Å². The quantitative estimate of drug-likeness (QED) is 0.865. The lowest BCUT2D eigenvalue weighted by atomic mass is 9.86. The molecule has 22 heavy (non-hydrogen) atoms. The van der Waals surface area contributed by atoms with Crippen molar-refractivity contribution in [2.75, 3.05) is 19.0 Å². The summed E-state index contributed by atoms with van der Waals surface area (Å²) in [5.74, 6) is 2.73. The van der Waals surface area contributed by atoms with Gasteiger partial charge in [-0.1, -0.05) is 19.8 Å². The van der Waals surface area contributed by atoms with Gasteiger partial charge in [0.1, 0.15) is 13.2 Å². The van der Waals surface area contributed by atoms with Crippen LogP contribution in [-0.4, -0.2) is 30.9 Å². The van der Waals surface area contributed by atoms with E-state index < -0.39 is 0 Å². The summed E-state index contributed by atoms with van der Waals surface area (Å²) in [6.07, 6.45) is 4.85. The highest BCUT2D eigenvalue weighted by Crippen LogP contribution is 2.34. The van der Waals surface area contributed by atoms with Crippen LogP contribution in [0.2, 0.25) is 0 Å². The molecule has 0 aromatic heterocycles. The Balaban J connectivity index is 1.50. The maximum atomic E-state index is 12.1. The molecule has 1 heterocycles. The van der Waals surface area contributed by atoms with E-state index in [0.29, 0.717) is 30.9 Å². The van der Waals surface area contributed by atoms with Crippen LogP contribution in [0.5, 0.6) is 11.5 Å². The fourth-order valence-corrected chi connectivity index (χ4v) is 3.78. The van der Waals surface area contributed by atoms with Crippen LogP contribution in [0.3, 0.4) is 0 Å². The van der Waals surface area contributed by atoms with Crippen molar-refractivity contribution in [3.8, 4) is 11.5 Å². The Morgan fingerprint density at radius 1 is 1.23 bits per heavy atom. The molecule has 5 heteroatoms. The van der Waals surface area contributed by atoms with Crippen LogP contribution < -0.4 is 14.8 Å². The fourth-order valence-electron chi connectivity index (χ4n) is 3.04. The normalized spacial score (nSPS) is 23.9. The monoisotopic (exact) mass is 321 g/mol. The lowest BCUT2D eigenvalue weighted by Gasteiger charge is -2.29. The van der Waals surface area contributed by atoms with E-state index in [1.807, 2.05) is 18.2 Å². The van der Waals surface area contributed by atoms with E-state index in [2.05, 4.69) is 12.2 Å². The largest absolute Gasteiger partial charge is 0.486 e. The maximum Gasteiger partial charge on any atom is 0.230 e. The van der Waals surface area contributed by atoms with Crippen molar-refractivity contribution >= 4 is 17.7 Å². The molecule has 0 bridgehead atoms. The number of rotatable bonds is 4. The zero-order chi connectivity index (χ0) is 15.4. The Kier molecular flexibility index (Phi) is 5.13. The van der Waals surface area contributed by atoms with E-state index in [-0.39, 0.29) is 5.91 Å². The summed E-state index contributed by atoms with van der Waals surface area (Å²) in [4.78, 5) is 13.2. The Hall–Kier alpha value is -1.36. The average Bonchev–Trinajstić information content (AvgIpc) is 2.55. The van der Waals surface area contributed by atoms with Gasteiger partial charge < -0.3 is 14.8 Å². The fraction of sp³-hybridized carbons (Fsp3) is 0.588. The van der Waals surface area contributed by atoms with Crippen molar-refractivity contribution in [2.24, 2.45) is 5.92 Å². The second-order valence-electron chi connectivity index (χ2n) is 6.03. The molecule has 1 N–H and O–H groups in total. The van der Waals surface area contributed by atoms with E-state index >= 15 is 0 Å². The Morgan fingerprint density at radius 3 is 2.82 bits per heavy atom. The Labute approximate surface area is 135 Å². The first-order valence-corrected chi connectivity index (χ1v) is 9.03. The summed E-state index contributed by atoms with van der Waals surface area (Å²) in [7, 11) is 0. The summed E-state index contributed by atoms with van der Waals surface area (Å²) >= 11 is 1.54. The summed E-state index contributed by atoms with van der Waals surface area (Å²) in [5.41, 5.74) is 0. The van der Waals surface area contributed by atoms with Gasteiger partial charge in [0.25, 0.3) is 0 Å². The van der Waals surface area contributed by atoms with Crippen LogP contribution in [0.15, 0.2) is 23.1 Å². The third kappa shape index (κ3) is 3.88. The number of thioether (sulfide) groups is 1. The van der Waals surface area contributed by atoms with Crippen molar-refractivity contribution in [1.82, 2.24) is 5.32 Å². The molecule has 1 saturated carbocycles. The van der Waals surface area contributed by atoms with E-state index in [0.717, 1.165) is 22.8 Å². The maximum absolute atomic E-state index is 12.1. The number of ether oxygens (including phenoxy) is 2. The molecule has 1 aliphatic heterocycles. The van der Waals surface area contributed by atoms with Crippen LogP contribution in [0, 0.1) is 5.92 Å². The Bertz CT molecular complexity index is 535. The van der Waals surface area contributed by atoms with Gasteiger partial charge in [-0.25, -0.2) is 0 Å². The van der Waals surface area contributed by atoms with E-state index in [1.54, 1.807) is 11.8 Å². The van der Waals surface area contributed by atoms with Gasteiger partial charge in [-0.05, 0) is 37.0 Å². The number of benzene rings is 1. The molecule has 0 saturated heterocycles. The van der Waals surface area contributed by atoms with Crippen molar-refractivity contribution in [2.45, 2.75) is 43.5 Å². The van der Waals surface area contributed by atoms with Crippen molar-refractivity contribution in [3.63, 3.8) is 0 Å². The number of carbonyl (C=O) groups is 1. The Morgan fingerprint density at radius 2 is 2.00 bits per heavy atom. The summed E-state index contributed by atoms with van der Waals surface area (Å²) in [6, 6.07) is 6.20. The van der Waals surface area contributed by atoms with Crippen LogP contribution in [0.25, 0.3) is 0 Å². The predicted octanol–water partition coefficient (Wildman–Crippen LogP) is 3.24. The molecule has 120 valence electrons. The molecular formula is C17H23NO3S. The van der Waals surface area contributed by atoms with Crippen LogP contribution in [0.4, 0.5) is 0 Å². The number of nitrogens with one attached hydrogen (secondary N) is 1. The average molecular weight is 321 g/mol. The van der Waals surface area contributed by atoms with Crippen molar-refractivity contribution < 1.29 is 14.3 Å². The summed E-state index contributed by atoms with van der Waals surface area (Å²) < 4.78 is 11.1. The first-order chi connectivity index (χ1) is 10.7. The minimum atomic E-state index is 0.124. The highest BCUT2D eigenvalue weighted by molar-refractivity contribution is 8.00. The molecule has 1 aliphatic carbocycles. The zero-order valence-electron chi connectivity index (χ0n) is 13.0. The molecule has 1 aromatic carbocycles. The number of carbonyl (C=O) groups excluding carboxylic acids is 1. The van der Waals surface area contributed by atoms with Gasteiger partial charge in [-0.3, -0.25) is 4.79 Å². The summed E-state index contributed by atoms with van der Waals surface area (Å²) in [6.45, 7) is 3.42. The zero-order valence-corrected chi connectivity index (χ0v) is 13.8. The van der Waals surface area contributed by atoms with Crippen LogP contribution >= 0.6 is 11.8 Å². The molecule has 1 amide bonds. The number of hydrogen-bond donors (Lipinski definition) is 1. The van der Waals surface area contributed by atoms with Gasteiger partial charge >= 0.3 is 0 Å². The summed E-state index contributed by atoms with van der Waals surface area (Å²) in [5, 5.41) is 3.19. The molecule has 1 fully saturated rings. The van der Waals surface area contributed by atoms with Gasteiger partial charge in [0.05, 0.1) is 5.75 Å². The number of fused-ring (bicyclic) bond motifs is 1. The predicted molar refractivity (Wildman–Crippen MR) is 87.7 cm³/mol. The first-order valence-electron chi connectivity index (χ1n) is 8.04. The second-order valence-corrected chi connectivity index (χ2v) is 7.08. The lowest BCUT2D eigenvalue weighted by Crippen LogP contribution is -2.41. The minimum Gasteiger partial charge on any atom is -0.486 e. The third-order valence-corrected chi connectivity index (χ3v) is 5.34. The molecule has 2 aliphatic rings. The molecule has 3 rings (SSSR count). The van der Waals surface area contributed by atoms with Gasteiger partial charge in [0.15, 0.2) is 11.5 Å². The molecule has 4 nitrogen and oxygen atoms in total. The second kappa shape index (κ2) is 7.27. The van der Waals surface area contributed by atoms with Gasteiger partial charge in [0.2, 0.25) is 5.91 Å². The van der Waals surface area contributed by atoms with Crippen LogP contribution in [-0.2, 0) is 4.79 Å². The highest BCUT2D eigenvalue weighted by Gasteiger charge is 2.22. The van der Waals surface area contributed by atoms with E-state index in [4.69, 9.17) is 9.47 Å². The lowest BCUT2D eigenvalue weighted by molar-refractivity contribution is -0.119. The van der Waals surface area contributed by atoms with Gasteiger partial charge in [-0.2, -0.15) is 0 Å². The molecule has 1 aromatic rings. The third-order valence-electron chi connectivity index (χ3n) is 4.34. The highest BCUT2D eigenvalue weighted by atomic mass is 32.2. The van der Waals surface area contributed by atoms with Crippen LogP contribution in [0.1, 0.15) is 32.6 Å². The molecule has 0 spiro atoms. The minimum absolute atomic E-state index is 0.124. The standard InChI is InChI=1S/C17H23NO3S/c1-12-4-2-3-5-14(12)18-17(19)11-22-13-6-7-15-16(10-13)21-9-8-20-15/h6-7,10,12,14H,2-5,8-9,11H2,1H3,(H,18,19)/t12-,14-/m1/s1. The SMILES string of the molecule is C[C@@H]1CCCC[C@H]1NC(=O)CSc1ccc2c(c1)OCCO2. The smallest absolute Gasteiger partial charge is 0.230 e. The molecule has 0 unspecified atom stereocenters. The van der Waals surface area contributed by atoms with Gasteiger partial charge in [-0.15, -0.1) is 11.8 Å². The molecule has 2 atom stereocenters. The number of hydrogen-bond acceptors (Lipinski definition) is 4. The molecule has 0 radical (unpaired) electrons. The molecular weight excluding hydrogens is 298 g/mol. The topological polar surface area (TPSA) is 47.6 Å². The van der Waals surface area contributed by atoms with Crippen molar-refractivity contribution in [3.05, 3.63) is 18.2 Å².